The number of nitrogens with zero attached hydrogens (tertiary/aromatic N) is 2. The van der Waals surface area contributed by atoms with Crippen LogP contribution in [0.25, 0.3) is 10.8 Å². The molecule has 0 aliphatic carbocycles. The minimum absolute atomic E-state index is 0.0959. The molecule has 0 amide bonds. The minimum Gasteiger partial charge on any atom is -0.394 e. The van der Waals surface area contributed by atoms with E-state index in [1.165, 1.54) is 6.07 Å². The molecule has 3 aromatic rings. The summed E-state index contributed by atoms with van der Waals surface area (Å²) in [6, 6.07) is 6.65. The van der Waals surface area contributed by atoms with E-state index in [4.69, 9.17) is 5.73 Å². The van der Waals surface area contributed by atoms with Crippen LogP contribution in [0.15, 0.2) is 41.6 Å². The predicted octanol–water partition coefficient (Wildman–Crippen LogP) is 1.65. The van der Waals surface area contributed by atoms with Crippen LogP contribution in [0.1, 0.15) is 5.69 Å². The number of hydrogen-bond acceptors (Lipinski definition) is 5. The highest BCUT2D eigenvalue weighted by atomic mass is 32.2. The van der Waals surface area contributed by atoms with Gasteiger partial charge in [0.25, 0.3) is 10.0 Å². The SMILES string of the molecule is Cc1[nH]nc(NS(=O)(=O)c2cccc3cnccc23)c1N. The van der Waals surface area contributed by atoms with E-state index in [9.17, 15) is 8.42 Å². The number of benzene rings is 1. The molecule has 0 atom stereocenters. The van der Waals surface area contributed by atoms with E-state index in [1.807, 2.05) is 0 Å². The summed E-state index contributed by atoms with van der Waals surface area (Å²) in [4.78, 5) is 4.14. The van der Waals surface area contributed by atoms with Gasteiger partial charge in [-0.3, -0.25) is 14.8 Å². The maximum absolute atomic E-state index is 12.5. The second-order valence-electron chi connectivity index (χ2n) is 4.57. The second kappa shape index (κ2) is 4.74. The summed E-state index contributed by atoms with van der Waals surface area (Å²) in [5, 5.41) is 7.82. The number of H-pyrrole nitrogens is 1. The lowest BCUT2D eigenvalue weighted by Gasteiger charge is -2.09. The molecule has 3 rings (SSSR count). The number of nitrogens with one attached hydrogen (secondary N) is 2. The second-order valence-corrected chi connectivity index (χ2v) is 6.22. The highest BCUT2D eigenvalue weighted by Crippen LogP contribution is 2.26. The van der Waals surface area contributed by atoms with Gasteiger partial charge >= 0.3 is 0 Å². The molecule has 0 saturated carbocycles. The van der Waals surface area contributed by atoms with Gasteiger partial charge in [0, 0.05) is 23.2 Å². The van der Waals surface area contributed by atoms with Crippen molar-refractivity contribution in [2.24, 2.45) is 0 Å². The molecule has 0 radical (unpaired) electrons. The molecule has 1 aromatic carbocycles. The number of nitrogen functional groups attached to an aromatic ring is 1. The van der Waals surface area contributed by atoms with Crippen LogP contribution in [-0.4, -0.2) is 23.6 Å². The topological polar surface area (TPSA) is 114 Å². The van der Waals surface area contributed by atoms with Crippen molar-refractivity contribution in [2.75, 3.05) is 10.5 Å². The van der Waals surface area contributed by atoms with E-state index in [2.05, 4.69) is 19.9 Å². The van der Waals surface area contributed by atoms with Crippen LogP contribution in [0.4, 0.5) is 11.5 Å². The van der Waals surface area contributed by atoms with Gasteiger partial charge in [-0.15, -0.1) is 0 Å². The third-order valence-corrected chi connectivity index (χ3v) is 4.55. The Labute approximate surface area is 121 Å². The van der Waals surface area contributed by atoms with Crippen molar-refractivity contribution in [2.45, 2.75) is 11.8 Å². The Morgan fingerprint density at radius 2 is 2.10 bits per heavy atom. The van der Waals surface area contributed by atoms with Crippen LogP contribution in [-0.2, 0) is 10.0 Å². The lowest BCUT2D eigenvalue weighted by Crippen LogP contribution is -2.14. The van der Waals surface area contributed by atoms with Crippen molar-refractivity contribution in [3.8, 4) is 0 Å². The van der Waals surface area contributed by atoms with Crippen LogP contribution in [0.5, 0.6) is 0 Å². The Balaban J connectivity index is 2.11. The Hall–Kier alpha value is -2.61. The van der Waals surface area contributed by atoms with Gasteiger partial charge in [0.1, 0.15) is 0 Å². The monoisotopic (exact) mass is 303 g/mol. The fraction of sp³-hybridized carbons (Fsp3) is 0.0769. The van der Waals surface area contributed by atoms with Crippen molar-refractivity contribution < 1.29 is 8.42 Å². The smallest absolute Gasteiger partial charge is 0.263 e. The molecule has 0 unspecified atom stereocenters. The Bertz CT molecular complexity index is 912. The molecular formula is C13H13N5O2S. The Morgan fingerprint density at radius 3 is 2.81 bits per heavy atom. The number of pyridine rings is 1. The molecule has 108 valence electrons. The van der Waals surface area contributed by atoms with Gasteiger partial charge in [0.15, 0.2) is 5.82 Å². The number of nitrogens with two attached hydrogens (primary N) is 1. The number of hydrogen-bond donors (Lipinski definition) is 3. The molecule has 2 heterocycles. The largest absolute Gasteiger partial charge is 0.394 e. The number of aryl methyl sites for hydroxylation is 1. The van der Waals surface area contributed by atoms with Crippen LogP contribution in [0.2, 0.25) is 0 Å². The van der Waals surface area contributed by atoms with Gasteiger partial charge in [-0.05, 0) is 19.1 Å². The predicted molar refractivity (Wildman–Crippen MR) is 80.3 cm³/mol. The van der Waals surface area contributed by atoms with Crippen molar-refractivity contribution in [3.63, 3.8) is 0 Å². The van der Waals surface area contributed by atoms with Crippen LogP contribution in [0.3, 0.4) is 0 Å². The van der Waals surface area contributed by atoms with Crippen molar-refractivity contribution in [3.05, 3.63) is 42.4 Å². The summed E-state index contributed by atoms with van der Waals surface area (Å²) in [6.45, 7) is 1.71. The van der Waals surface area contributed by atoms with Gasteiger partial charge < -0.3 is 5.73 Å². The van der Waals surface area contributed by atoms with Gasteiger partial charge in [0.05, 0.1) is 16.3 Å². The standard InChI is InChI=1S/C13H13N5O2S/c1-8-12(14)13(17-16-8)18-21(19,20)11-4-2-3-9-7-15-6-5-10(9)11/h2-7H,14H2,1H3,(H2,16,17,18). The number of fused-ring (bicyclic) bond motifs is 1. The molecule has 0 saturated heterocycles. The molecular weight excluding hydrogens is 290 g/mol. The maximum atomic E-state index is 12.5. The first-order chi connectivity index (χ1) is 9.99. The number of aromatic amines is 1. The van der Waals surface area contributed by atoms with E-state index in [0.29, 0.717) is 11.1 Å². The zero-order valence-electron chi connectivity index (χ0n) is 11.2. The molecule has 0 spiro atoms. The first-order valence-corrected chi connectivity index (χ1v) is 7.63. The molecule has 0 aliphatic rings. The van der Waals surface area contributed by atoms with E-state index in [1.54, 1.807) is 37.5 Å². The van der Waals surface area contributed by atoms with E-state index in [0.717, 1.165) is 5.39 Å². The zero-order valence-corrected chi connectivity index (χ0v) is 12.0. The first-order valence-electron chi connectivity index (χ1n) is 6.15. The van der Waals surface area contributed by atoms with Crippen LogP contribution in [0, 0.1) is 6.92 Å². The average molecular weight is 303 g/mol. The molecule has 2 aromatic heterocycles. The van der Waals surface area contributed by atoms with E-state index in [-0.39, 0.29) is 16.4 Å². The van der Waals surface area contributed by atoms with Crippen molar-refractivity contribution >= 4 is 32.3 Å². The maximum Gasteiger partial charge on any atom is 0.263 e. The Kier molecular flexibility index (Phi) is 3.02. The normalized spacial score (nSPS) is 11.7. The summed E-state index contributed by atoms with van der Waals surface area (Å²) in [7, 11) is -3.79. The molecule has 21 heavy (non-hydrogen) atoms. The molecule has 4 N–H and O–H groups in total. The molecule has 0 bridgehead atoms. The van der Waals surface area contributed by atoms with Crippen molar-refractivity contribution in [1.82, 2.24) is 15.2 Å². The fourth-order valence-electron chi connectivity index (χ4n) is 2.03. The quantitative estimate of drug-likeness (QED) is 0.680. The minimum atomic E-state index is -3.79. The summed E-state index contributed by atoms with van der Waals surface area (Å²) in [5.74, 6) is 0.0959. The molecule has 8 heteroatoms. The average Bonchev–Trinajstić information content (AvgIpc) is 2.78. The number of anilines is 2. The fourth-order valence-corrected chi connectivity index (χ4v) is 3.28. The number of sulfonamides is 1. The third-order valence-electron chi connectivity index (χ3n) is 3.16. The van der Waals surface area contributed by atoms with Gasteiger partial charge in [-0.2, -0.15) is 5.10 Å². The van der Waals surface area contributed by atoms with Gasteiger partial charge in [-0.25, -0.2) is 8.42 Å². The molecule has 0 aliphatic heterocycles. The van der Waals surface area contributed by atoms with E-state index >= 15 is 0 Å². The summed E-state index contributed by atoms with van der Waals surface area (Å²) < 4.78 is 27.5. The van der Waals surface area contributed by atoms with E-state index < -0.39 is 10.0 Å². The lowest BCUT2D eigenvalue weighted by atomic mass is 10.2. The molecule has 0 fully saturated rings. The van der Waals surface area contributed by atoms with Gasteiger partial charge in [0.2, 0.25) is 0 Å². The number of aromatic nitrogens is 3. The molecule has 7 nitrogen and oxygen atoms in total. The highest BCUT2D eigenvalue weighted by Gasteiger charge is 2.20. The Morgan fingerprint density at radius 1 is 1.29 bits per heavy atom. The number of rotatable bonds is 3. The first kappa shape index (κ1) is 13.4. The van der Waals surface area contributed by atoms with Gasteiger partial charge in [-0.1, -0.05) is 12.1 Å². The third kappa shape index (κ3) is 2.29. The summed E-state index contributed by atoms with van der Waals surface area (Å²) >= 11 is 0. The van der Waals surface area contributed by atoms with Crippen LogP contribution < -0.4 is 10.5 Å². The van der Waals surface area contributed by atoms with Crippen LogP contribution >= 0.6 is 0 Å². The zero-order chi connectivity index (χ0) is 15.0. The summed E-state index contributed by atoms with van der Waals surface area (Å²) in [5.41, 5.74) is 6.65. The van der Waals surface area contributed by atoms with Crippen molar-refractivity contribution in [1.29, 1.82) is 0 Å². The summed E-state index contributed by atoms with van der Waals surface area (Å²) in [6.07, 6.45) is 3.16. The lowest BCUT2D eigenvalue weighted by molar-refractivity contribution is 0.602. The highest BCUT2D eigenvalue weighted by molar-refractivity contribution is 7.93.